The van der Waals surface area contributed by atoms with Crippen LogP contribution in [-0.2, 0) is 38.0 Å². The number of anilines is 1. The van der Waals surface area contributed by atoms with E-state index < -0.39 is 40.2 Å². The normalized spacial score (nSPS) is 24.2. The van der Waals surface area contributed by atoms with E-state index in [1.807, 2.05) is 54.6 Å². The van der Waals surface area contributed by atoms with Crippen LogP contribution >= 0.6 is 0 Å². The van der Waals surface area contributed by atoms with Gasteiger partial charge in [-0.2, -0.15) is 0 Å². The van der Waals surface area contributed by atoms with Gasteiger partial charge in [0, 0.05) is 25.6 Å². The lowest BCUT2D eigenvalue weighted by Crippen LogP contribution is -2.53. The third kappa shape index (κ3) is 6.64. The SMILES string of the molecule is CNC(=O)[C@H](Cc1ccccc1)N(Cc1ccccc1F)C(=O)CN(c1ccc(C23CC4CC(CC(C4)C2)C3)cc1)S(C)(=O)=O. The van der Waals surface area contributed by atoms with Gasteiger partial charge < -0.3 is 10.2 Å². The van der Waals surface area contributed by atoms with Crippen LogP contribution in [0.25, 0.3) is 0 Å². The van der Waals surface area contributed by atoms with Crippen molar-refractivity contribution in [3.63, 3.8) is 0 Å². The molecule has 7 nitrogen and oxygen atoms in total. The van der Waals surface area contributed by atoms with Crippen LogP contribution in [0.5, 0.6) is 0 Å². The molecular weight excluding hydrogens is 589 g/mol. The molecule has 4 fully saturated rings. The molecule has 238 valence electrons. The Morgan fingerprint density at radius 1 is 0.889 bits per heavy atom. The van der Waals surface area contributed by atoms with Crippen molar-refractivity contribution in [2.24, 2.45) is 17.8 Å². The molecule has 3 aromatic rings. The highest BCUT2D eigenvalue weighted by atomic mass is 32.2. The van der Waals surface area contributed by atoms with Gasteiger partial charge in [-0.15, -0.1) is 0 Å². The van der Waals surface area contributed by atoms with Crippen molar-refractivity contribution in [2.45, 2.75) is 62.9 Å². The molecule has 0 aliphatic heterocycles. The number of carbonyl (C=O) groups excluding carboxylic acids is 2. The first kappa shape index (κ1) is 31.3. The Morgan fingerprint density at radius 3 is 2.02 bits per heavy atom. The zero-order chi connectivity index (χ0) is 31.8. The van der Waals surface area contributed by atoms with E-state index in [2.05, 4.69) is 5.32 Å². The number of rotatable bonds is 11. The minimum Gasteiger partial charge on any atom is -0.357 e. The highest BCUT2D eigenvalue weighted by Gasteiger charge is 2.51. The van der Waals surface area contributed by atoms with E-state index in [1.165, 1.54) is 62.1 Å². The number of hydrogen-bond donors (Lipinski definition) is 1. The minimum absolute atomic E-state index is 0.160. The Morgan fingerprint density at radius 2 is 1.47 bits per heavy atom. The van der Waals surface area contributed by atoms with Crippen LogP contribution in [0.15, 0.2) is 78.9 Å². The summed E-state index contributed by atoms with van der Waals surface area (Å²) in [5.41, 5.74) is 2.86. The summed E-state index contributed by atoms with van der Waals surface area (Å²) in [6.45, 7) is -0.717. The molecule has 0 unspecified atom stereocenters. The summed E-state index contributed by atoms with van der Waals surface area (Å²) in [6, 6.07) is 22.1. The predicted octanol–water partition coefficient (Wildman–Crippen LogP) is 5.45. The van der Waals surface area contributed by atoms with Gasteiger partial charge in [-0.3, -0.25) is 13.9 Å². The lowest BCUT2D eigenvalue weighted by Gasteiger charge is -2.57. The maximum atomic E-state index is 14.9. The number of hydrogen-bond acceptors (Lipinski definition) is 4. The van der Waals surface area contributed by atoms with E-state index in [4.69, 9.17) is 0 Å². The van der Waals surface area contributed by atoms with Crippen molar-refractivity contribution in [3.8, 4) is 0 Å². The van der Waals surface area contributed by atoms with Gasteiger partial charge in [-0.25, -0.2) is 12.8 Å². The van der Waals surface area contributed by atoms with Gasteiger partial charge in [0.2, 0.25) is 21.8 Å². The first-order chi connectivity index (χ1) is 21.5. The van der Waals surface area contributed by atoms with Crippen LogP contribution in [0.4, 0.5) is 10.1 Å². The monoisotopic (exact) mass is 631 g/mol. The van der Waals surface area contributed by atoms with Gasteiger partial charge in [0.25, 0.3) is 0 Å². The minimum atomic E-state index is -3.88. The fraction of sp³-hybridized carbons (Fsp3) is 0.444. The topological polar surface area (TPSA) is 86.8 Å². The number of carbonyl (C=O) groups is 2. The van der Waals surface area contributed by atoms with E-state index in [0.717, 1.165) is 33.9 Å². The molecule has 0 aromatic heterocycles. The van der Waals surface area contributed by atoms with Crippen molar-refractivity contribution in [1.82, 2.24) is 10.2 Å². The third-order valence-corrected chi connectivity index (χ3v) is 11.4. The second-order valence-corrected chi connectivity index (χ2v) is 15.4. The summed E-state index contributed by atoms with van der Waals surface area (Å²) >= 11 is 0. The van der Waals surface area contributed by atoms with Gasteiger partial charge in [-0.05, 0) is 91.0 Å². The van der Waals surface area contributed by atoms with E-state index in [1.54, 1.807) is 18.2 Å². The number of sulfonamides is 1. The van der Waals surface area contributed by atoms with Crippen molar-refractivity contribution >= 4 is 27.5 Å². The van der Waals surface area contributed by atoms with E-state index in [-0.39, 0.29) is 23.9 Å². The van der Waals surface area contributed by atoms with Gasteiger partial charge in [-0.1, -0.05) is 60.7 Å². The van der Waals surface area contributed by atoms with Crippen LogP contribution in [-0.4, -0.2) is 51.0 Å². The van der Waals surface area contributed by atoms with Crippen LogP contribution in [0.3, 0.4) is 0 Å². The van der Waals surface area contributed by atoms with Crippen molar-refractivity contribution < 1.29 is 22.4 Å². The molecule has 0 heterocycles. The summed E-state index contributed by atoms with van der Waals surface area (Å²) < 4.78 is 42.3. The second-order valence-electron chi connectivity index (χ2n) is 13.4. The summed E-state index contributed by atoms with van der Waals surface area (Å²) in [7, 11) is -2.40. The molecule has 2 amide bonds. The Balaban J connectivity index is 1.30. The number of halogens is 1. The standard InChI is InChI=1S/C36H42FN3O4S/c1-38-35(42)33(19-25-8-4-3-5-9-25)39(23-29-10-6-7-11-32(29)37)34(41)24-40(45(2,43)44)31-14-12-30(13-15-31)36-20-26-16-27(21-36)18-28(17-26)22-36/h3-15,26-28,33H,16-24H2,1-2H3,(H,38,42)/t26?,27?,28?,33-,36?/m0/s1. The van der Waals surface area contributed by atoms with Gasteiger partial charge in [0.15, 0.2) is 0 Å². The van der Waals surface area contributed by atoms with Gasteiger partial charge in [0.1, 0.15) is 18.4 Å². The van der Waals surface area contributed by atoms with Crippen molar-refractivity contribution in [3.05, 3.63) is 101 Å². The zero-order valence-corrected chi connectivity index (χ0v) is 26.8. The van der Waals surface area contributed by atoms with Crippen LogP contribution < -0.4 is 9.62 Å². The number of nitrogens with zero attached hydrogens (tertiary/aromatic N) is 2. The number of amides is 2. The Labute approximate surface area is 265 Å². The quantitative estimate of drug-likeness (QED) is 0.305. The Hall–Kier alpha value is -3.72. The third-order valence-electron chi connectivity index (χ3n) is 10.3. The van der Waals surface area contributed by atoms with Crippen molar-refractivity contribution in [1.29, 1.82) is 0 Å². The summed E-state index contributed by atoms with van der Waals surface area (Å²) in [5.74, 6) is 0.820. The molecule has 4 saturated carbocycles. The van der Waals surface area contributed by atoms with Crippen molar-refractivity contribution in [2.75, 3.05) is 24.2 Å². The Kier molecular flexibility index (Phi) is 8.74. The molecule has 1 atom stereocenters. The fourth-order valence-electron chi connectivity index (χ4n) is 8.59. The lowest BCUT2D eigenvalue weighted by atomic mass is 9.48. The summed E-state index contributed by atoms with van der Waals surface area (Å²) in [4.78, 5) is 28.7. The summed E-state index contributed by atoms with van der Waals surface area (Å²) in [5, 5.41) is 2.64. The molecule has 45 heavy (non-hydrogen) atoms. The molecule has 4 bridgehead atoms. The molecule has 0 saturated heterocycles. The number of benzene rings is 3. The second kappa shape index (κ2) is 12.6. The highest BCUT2D eigenvalue weighted by molar-refractivity contribution is 7.92. The maximum Gasteiger partial charge on any atom is 0.244 e. The Bertz CT molecular complexity index is 1610. The molecule has 7 rings (SSSR count). The van der Waals surface area contributed by atoms with Gasteiger partial charge in [0.05, 0.1) is 11.9 Å². The first-order valence-electron chi connectivity index (χ1n) is 15.9. The van der Waals surface area contributed by atoms with Crippen LogP contribution in [0.2, 0.25) is 0 Å². The molecule has 4 aliphatic rings. The van der Waals surface area contributed by atoms with Crippen LogP contribution in [0.1, 0.15) is 55.2 Å². The molecule has 0 radical (unpaired) electrons. The van der Waals surface area contributed by atoms with E-state index >= 15 is 0 Å². The molecule has 4 aliphatic carbocycles. The predicted molar refractivity (Wildman–Crippen MR) is 173 cm³/mol. The smallest absolute Gasteiger partial charge is 0.244 e. The van der Waals surface area contributed by atoms with Gasteiger partial charge >= 0.3 is 0 Å². The van der Waals surface area contributed by atoms with E-state index in [0.29, 0.717) is 5.69 Å². The highest BCUT2D eigenvalue weighted by Crippen LogP contribution is 2.60. The number of nitrogens with one attached hydrogen (secondary N) is 1. The lowest BCUT2D eigenvalue weighted by molar-refractivity contribution is -0.139. The average Bonchev–Trinajstić information content (AvgIpc) is 3.01. The molecule has 9 heteroatoms. The average molecular weight is 632 g/mol. The maximum absolute atomic E-state index is 14.9. The molecule has 1 N–H and O–H groups in total. The largest absolute Gasteiger partial charge is 0.357 e. The first-order valence-corrected chi connectivity index (χ1v) is 17.8. The van der Waals surface area contributed by atoms with E-state index in [9.17, 15) is 22.4 Å². The van der Waals surface area contributed by atoms with Crippen LogP contribution in [0, 0.1) is 23.6 Å². The number of likely N-dealkylation sites (N-methyl/N-ethyl adjacent to an activating group) is 1. The molecule has 3 aromatic carbocycles. The molecular formula is C36H42FN3O4S. The fourth-order valence-corrected chi connectivity index (χ4v) is 9.44. The molecule has 0 spiro atoms. The summed E-state index contributed by atoms with van der Waals surface area (Å²) in [6.07, 6.45) is 8.86. The zero-order valence-electron chi connectivity index (χ0n) is 26.0.